The summed E-state index contributed by atoms with van der Waals surface area (Å²) in [5.41, 5.74) is 0. The predicted octanol–water partition coefficient (Wildman–Crippen LogP) is 2.36. The second kappa shape index (κ2) is 7.33. The zero-order valence-corrected chi connectivity index (χ0v) is 13.3. The van der Waals surface area contributed by atoms with Crippen molar-refractivity contribution in [1.29, 1.82) is 0 Å². The van der Waals surface area contributed by atoms with Crippen molar-refractivity contribution in [2.45, 2.75) is 36.2 Å². The van der Waals surface area contributed by atoms with Crippen LogP contribution in [0.4, 0.5) is 9.18 Å². The molecule has 2 fully saturated rings. The lowest BCUT2D eigenvalue weighted by Crippen LogP contribution is -2.47. The lowest BCUT2D eigenvalue weighted by atomic mass is 9.86. The number of benzene rings is 1. The highest BCUT2D eigenvalue weighted by atomic mass is 32.2. The molecule has 3 atom stereocenters. The van der Waals surface area contributed by atoms with Gasteiger partial charge in [-0.15, -0.1) is 11.8 Å². The summed E-state index contributed by atoms with van der Waals surface area (Å²) in [6.45, 7) is 1.63. The van der Waals surface area contributed by atoms with E-state index in [4.69, 9.17) is 0 Å². The third-order valence-electron chi connectivity index (χ3n) is 4.44. The molecule has 22 heavy (non-hydrogen) atoms. The van der Waals surface area contributed by atoms with Gasteiger partial charge < -0.3 is 16.0 Å². The van der Waals surface area contributed by atoms with Crippen LogP contribution in [0.3, 0.4) is 0 Å². The quantitative estimate of drug-likeness (QED) is 0.576. The Morgan fingerprint density at radius 3 is 2.95 bits per heavy atom. The minimum Gasteiger partial charge on any atom is -0.337 e. The number of urea groups is 1. The summed E-state index contributed by atoms with van der Waals surface area (Å²) >= 11 is 1.61. The van der Waals surface area contributed by atoms with Crippen LogP contribution in [0.15, 0.2) is 29.2 Å². The first-order valence-electron chi connectivity index (χ1n) is 7.87. The van der Waals surface area contributed by atoms with E-state index >= 15 is 0 Å². The Hall–Kier alpha value is -1.27. The molecule has 1 saturated heterocycles. The molecule has 0 radical (unpaired) electrons. The van der Waals surface area contributed by atoms with Crippen LogP contribution in [0.2, 0.25) is 0 Å². The number of fused-ring (bicyclic) bond motifs is 2. The molecule has 1 aliphatic heterocycles. The Labute approximate surface area is 134 Å². The van der Waals surface area contributed by atoms with Gasteiger partial charge in [0.25, 0.3) is 0 Å². The Balaban J connectivity index is 1.33. The molecule has 0 aromatic heterocycles. The van der Waals surface area contributed by atoms with E-state index < -0.39 is 0 Å². The largest absolute Gasteiger partial charge is 0.337 e. The van der Waals surface area contributed by atoms with Gasteiger partial charge in [0, 0.05) is 35.8 Å². The molecule has 4 nitrogen and oxygen atoms in total. The topological polar surface area (TPSA) is 53.2 Å². The summed E-state index contributed by atoms with van der Waals surface area (Å²) < 4.78 is 12.8. The first-order valence-corrected chi connectivity index (χ1v) is 8.85. The molecule has 120 valence electrons. The number of amides is 2. The van der Waals surface area contributed by atoms with Crippen LogP contribution in [0.25, 0.3) is 0 Å². The molecule has 3 rings (SSSR count). The Bertz CT molecular complexity index is 511. The molecule has 1 aromatic rings. The highest BCUT2D eigenvalue weighted by Gasteiger charge is 2.35. The van der Waals surface area contributed by atoms with Crippen molar-refractivity contribution >= 4 is 17.8 Å². The number of carbonyl (C=O) groups excluding carboxylic acids is 1. The molecule has 0 spiro atoms. The van der Waals surface area contributed by atoms with Crippen LogP contribution in [-0.2, 0) is 0 Å². The predicted molar refractivity (Wildman–Crippen MR) is 86.6 cm³/mol. The van der Waals surface area contributed by atoms with Crippen molar-refractivity contribution in [2.75, 3.05) is 18.8 Å². The third-order valence-corrected chi connectivity index (χ3v) is 5.45. The van der Waals surface area contributed by atoms with Gasteiger partial charge in [0.15, 0.2) is 0 Å². The van der Waals surface area contributed by atoms with Crippen LogP contribution in [0.5, 0.6) is 0 Å². The highest BCUT2D eigenvalue weighted by Crippen LogP contribution is 2.29. The second-order valence-electron chi connectivity index (χ2n) is 5.99. The zero-order valence-electron chi connectivity index (χ0n) is 12.5. The Morgan fingerprint density at radius 1 is 1.32 bits per heavy atom. The molecular formula is C16H22FN3OS. The number of halogens is 1. The minimum atomic E-state index is -0.224. The smallest absolute Gasteiger partial charge is 0.315 e. The van der Waals surface area contributed by atoms with Crippen LogP contribution in [-0.4, -0.2) is 37.0 Å². The molecular weight excluding hydrogens is 301 g/mol. The Kier molecular flexibility index (Phi) is 5.20. The number of hydrogen-bond donors (Lipinski definition) is 3. The summed E-state index contributed by atoms with van der Waals surface area (Å²) in [7, 11) is 0. The van der Waals surface area contributed by atoms with Gasteiger partial charge in [-0.2, -0.15) is 0 Å². The molecule has 1 heterocycles. The minimum absolute atomic E-state index is 0.0740. The maximum atomic E-state index is 12.8. The van der Waals surface area contributed by atoms with E-state index in [-0.39, 0.29) is 11.8 Å². The van der Waals surface area contributed by atoms with E-state index in [0.717, 1.165) is 30.0 Å². The summed E-state index contributed by atoms with van der Waals surface area (Å²) in [6, 6.07) is 7.31. The monoisotopic (exact) mass is 323 g/mol. The van der Waals surface area contributed by atoms with Gasteiger partial charge in [0.05, 0.1) is 0 Å². The zero-order chi connectivity index (χ0) is 15.4. The normalized spacial score (nSPS) is 26.7. The molecule has 3 unspecified atom stereocenters. The van der Waals surface area contributed by atoms with E-state index in [1.54, 1.807) is 23.9 Å². The number of thioether (sulfide) groups is 1. The fourth-order valence-corrected chi connectivity index (χ4v) is 4.04. The lowest BCUT2D eigenvalue weighted by Gasteiger charge is -2.28. The van der Waals surface area contributed by atoms with Crippen LogP contribution >= 0.6 is 11.8 Å². The van der Waals surface area contributed by atoms with Gasteiger partial charge in [-0.3, -0.25) is 0 Å². The molecule has 6 heteroatoms. The van der Waals surface area contributed by atoms with Crippen molar-refractivity contribution in [3.05, 3.63) is 30.1 Å². The summed E-state index contributed by atoms with van der Waals surface area (Å²) in [4.78, 5) is 13.0. The SMILES string of the molecule is O=C(NCCSc1ccc(F)cc1)NC1CCC2CC1CN2. The molecule has 1 saturated carbocycles. The van der Waals surface area contributed by atoms with Gasteiger partial charge in [0.1, 0.15) is 5.82 Å². The van der Waals surface area contributed by atoms with Gasteiger partial charge >= 0.3 is 6.03 Å². The van der Waals surface area contributed by atoms with E-state index in [1.807, 2.05) is 0 Å². The van der Waals surface area contributed by atoms with Crippen molar-refractivity contribution < 1.29 is 9.18 Å². The van der Waals surface area contributed by atoms with E-state index in [2.05, 4.69) is 16.0 Å². The van der Waals surface area contributed by atoms with Crippen molar-refractivity contribution in [3.63, 3.8) is 0 Å². The average Bonchev–Trinajstić information content (AvgIpc) is 2.91. The number of nitrogens with one attached hydrogen (secondary N) is 3. The summed E-state index contributed by atoms with van der Waals surface area (Å²) in [6.07, 6.45) is 3.41. The van der Waals surface area contributed by atoms with Crippen LogP contribution in [0, 0.1) is 11.7 Å². The average molecular weight is 323 g/mol. The number of hydrogen-bond acceptors (Lipinski definition) is 3. The fourth-order valence-electron chi connectivity index (χ4n) is 3.27. The van der Waals surface area contributed by atoms with Gasteiger partial charge in [-0.1, -0.05) is 0 Å². The lowest BCUT2D eigenvalue weighted by molar-refractivity contribution is 0.226. The molecule has 2 aliphatic rings. The van der Waals surface area contributed by atoms with Gasteiger partial charge in [-0.05, 0) is 49.4 Å². The van der Waals surface area contributed by atoms with Crippen molar-refractivity contribution in [3.8, 4) is 0 Å². The highest BCUT2D eigenvalue weighted by molar-refractivity contribution is 7.99. The number of carbonyl (C=O) groups is 1. The fraction of sp³-hybridized carbons (Fsp3) is 0.562. The second-order valence-corrected chi connectivity index (χ2v) is 7.16. The van der Waals surface area contributed by atoms with Crippen LogP contribution in [0.1, 0.15) is 19.3 Å². The maximum Gasteiger partial charge on any atom is 0.315 e. The summed E-state index contributed by atoms with van der Waals surface area (Å²) in [5.74, 6) is 1.13. The van der Waals surface area contributed by atoms with Gasteiger partial charge in [0.2, 0.25) is 0 Å². The molecule has 2 amide bonds. The first-order chi connectivity index (χ1) is 10.7. The third kappa shape index (κ3) is 4.14. The standard InChI is InChI=1S/C16H22FN3OS/c17-12-1-4-14(5-2-12)22-8-7-18-16(21)20-15-6-3-13-9-11(15)10-19-13/h1-2,4-5,11,13,15,19H,3,6-10H2,(H2,18,20,21). The maximum absolute atomic E-state index is 12.8. The first kappa shape index (κ1) is 15.6. The van der Waals surface area contributed by atoms with Gasteiger partial charge in [-0.25, -0.2) is 9.18 Å². The van der Waals surface area contributed by atoms with Crippen LogP contribution < -0.4 is 16.0 Å². The van der Waals surface area contributed by atoms with E-state index in [0.29, 0.717) is 24.5 Å². The molecule has 2 bridgehead atoms. The van der Waals surface area contributed by atoms with Crippen molar-refractivity contribution in [2.24, 2.45) is 5.92 Å². The van der Waals surface area contributed by atoms with Crippen molar-refractivity contribution in [1.82, 2.24) is 16.0 Å². The Morgan fingerprint density at radius 2 is 2.14 bits per heavy atom. The van der Waals surface area contributed by atoms with E-state index in [9.17, 15) is 9.18 Å². The molecule has 1 aliphatic carbocycles. The number of rotatable bonds is 5. The molecule has 1 aromatic carbocycles. The summed E-state index contributed by atoms with van der Waals surface area (Å²) in [5, 5.41) is 9.50. The molecule has 3 N–H and O–H groups in total. The van der Waals surface area contributed by atoms with E-state index in [1.165, 1.54) is 18.6 Å².